The highest BCUT2D eigenvalue weighted by atomic mass is 16.6. The number of methoxy groups -OCH3 is 1. The Balaban J connectivity index is 1.69. The van der Waals surface area contributed by atoms with Crippen molar-refractivity contribution in [3.8, 4) is 0 Å². The summed E-state index contributed by atoms with van der Waals surface area (Å²) in [5.41, 5.74) is 2.15. The number of oxazole rings is 1. The first-order valence-corrected chi connectivity index (χ1v) is 12.6. The second-order valence-electron chi connectivity index (χ2n) is 9.53. The van der Waals surface area contributed by atoms with Crippen molar-refractivity contribution in [3.63, 3.8) is 0 Å². The summed E-state index contributed by atoms with van der Waals surface area (Å²) < 4.78 is 16.5. The monoisotopic (exact) mass is 546 g/mol. The minimum Gasteiger partial charge on any atom is -0.468 e. The lowest BCUT2D eigenvalue weighted by molar-refractivity contribution is -0.384. The summed E-state index contributed by atoms with van der Waals surface area (Å²) in [6.07, 6.45) is 1.97. The molecule has 208 valence electrons. The van der Waals surface area contributed by atoms with Gasteiger partial charge in [-0.3, -0.25) is 24.8 Å². The van der Waals surface area contributed by atoms with Crippen LogP contribution in [0.2, 0.25) is 0 Å². The Bertz CT molecular complexity index is 1430. The fraction of sp³-hybridized carbons (Fsp3) is 0.310. The van der Waals surface area contributed by atoms with Gasteiger partial charge in [0.05, 0.1) is 23.8 Å². The summed E-state index contributed by atoms with van der Waals surface area (Å²) in [4.78, 5) is 48.5. The molecular weight excluding hydrogens is 516 g/mol. The molecule has 0 N–H and O–H groups in total. The maximum Gasteiger partial charge on any atom is 0.337 e. The zero-order valence-corrected chi connectivity index (χ0v) is 22.6. The maximum absolute atomic E-state index is 13.9. The Kier molecular flexibility index (Phi) is 8.85. The molecule has 0 saturated heterocycles. The van der Waals surface area contributed by atoms with E-state index < -0.39 is 34.8 Å². The van der Waals surface area contributed by atoms with Crippen LogP contribution in [0.4, 0.5) is 5.69 Å². The van der Waals surface area contributed by atoms with Gasteiger partial charge in [-0.25, -0.2) is 9.78 Å². The van der Waals surface area contributed by atoms with Gasteiger partial charge >= 0.3 is 11.9 Å². The van der Waals surface area contributed by atoms with E-state index in [0.717, 1.165) is 5.56 Å². The number of nitro groups is 1. The molecular formula is C29H30N4O7. The molecule has 1 aliphatic heterocycles. The zero-order chi connectivity index (χ0) is 28.8. The predicted octanol–water partition coefficient (Wildman–Crippen LogP) is 4.62. The number of benzene rings is 2. The van der Waals surface area contributed by atoms with Crippen molar-refractivity contribution in [3.05, 3.63) is 105 Å². The minimum absolute atomic E-state index is 0.101. The Morgan fingerprint density at radius 3 is 2.55 bits per heavy atom. The molecule has 11 heteroatoms. The smallest absolute Gasteiger partial charge is 0.337 e. The summed E-state index contributed by atoms with van der Waals surface area (Å²) in [5.74, 6) is -3.07. The van der Waals surface area contributed by atoms with Crippen molar-refractivity contribution in [2.75, 3.05) is 20.7 Å². The lowest BCUT2D eigenvalue weighted by Crippen LogP contribution is -2.37. The van der Waals surface area contributed by atoms with Gasteiger partial charge in [0.25, 0.3) is 5.69 Å². The number of nitrogens with zero attached hydrogens (tertiary/aromatic N) is 4. The molecule has 11 nitrogen and oxygen atoms in total. The summed E-state index contributed by atoms with van der Waals surface area (Å²) in [6, 6.07) is 15.6. The van der Waals surface area contributed by atoms with Gasteiger partial charge < -0.3 is 13.9 Å². The van der Waals surface area contributed by atoms with E-state index in [1.54, 1.807) is 19.9 Å². The van der Waals surface area contributed by atoms with Crippen LogP contribution in [0, 0.1) is 16.0 Å². The van der Waals surface area contributed by atoms with Crippen LogP contribution in [0.15, 0.2) is 87.7 Å². The van der Waals surface area contributed by atoms with Crippen molar-refractivity contribution in [2.45, 2.75) is 32.4 Å². The number of ether oxygens (including phenoxy) is 2. The van der Waals surface area contributed by atoms with Gasteiger partial charge in [0.15, 0.2) is 6.10 Å². The molecule has 4 rings (SSSR count). The highest BCUT2D eigenvalue weighted by Crippen LogP contribution is 2.41. The second-order valence-corrected chi connectivity index (χ2v) is 9.53. The van der Waals surface area contributed by atoms with E-state index in [4.69, 9.17) is 13.9 Å². The third-order valence-electron chi connectivity index (χ3n) is 6.69. The van der Waals surface area contributed by atoms with Gasteiger partial charge in [-0.2, -0.15) is 0 Å². The average Bonchev–Trinajstić information content (AvgIpc) is 3.47. The molecule has 0 bridgehead atoms. The fourth-order valence-corrected chi connectivity index (χ4v) is 4.92. The summed E-state index contributed by atoms with van der Waals surface area (Å²) in [5, 5.41) is 11.5. The number of hydrogen-bond acceptors (Lipinski definition) is 10. The molecule has 40 heavy (non-hydrogen) atoms. The van der Waals surface area contributed by atoms with E-state index in [1.165, 1.54) is 37.8 Å². The number of esters is 2. The van der Waals surface area contributed by atoms with Crippen molar-refractivity contribution in [2.24, 2.45) is 10.9 Å². The number of allylic oxidation sites excluding steroid dienone is 1. The average molecular weight is 547 g/mol. The molecule has 0 saturated carbocycles. The van der Waals surface area contributed by atoms with Crippen molar-refractivity contribution < 1.29 is 28.4 Å². The largest absolute Gasteiger partial charge is 0.468 e. The van der Waals surface area contributed by atoms with Gasteiger partial charge in [-0.05, 0) is 32.0 Å². The van der Waals surface area contributed by atoms with E-state index in [0.29, 0.717) is 23.5 Å². The molecule has 0 aliphatic carbocycles. The number of nitro benzene ring substituents is 1. The molecule has 3 atom stereocenters. The molecule has 0 spiro atoms. The SMILES string of the molecule is COC(=O)C1C(C)=NC(C)=C(C(=O)OC(CN(C)Cc2ccccc2)c2ncco2)C1c1cccc([N+](=O)[O-])c1. The number of non-ortho nitro benzene ring substituents is 1. The third-order valence-corrected chi connectivity index (χ3v) is 6.69. The van der Waals surface area contributed by atoms with Crippen LogP contribution in [0.5, 0.6) is 0 Å². The number of rotatable bonds is 10. The highest BCUT2D eigenvalue weighted by Gasteiger charge is 2.43. The van der Waals surface area contributed by atoms with Gasteiger partial charge in [0, 0.05) is 42.5 Å². The standard InChI is InChI=1S/C29H30N4O7/c1-18-24(28(34)38-4)26(21-11-8-12-22(15-21)33(36)37)25(19(2)31-18)29(35)40-23(27-30-13-14-39-27)17-32(3)16-20-9-6-5-7-10-20/h5-15,23-24,26H,16-17H2,1-4H3. The van der Waals surface area contributed by atoms with Crippen molar-refractivity contribution in [1.82, 2.24) is 9.88 Å². The van der Waals surface area contributed by atoms with Crippen LogP contribution in [0.1, 0.15) is 42.9 Å². The van der Waals surface area contributed by atoms with Gasteiger partial charge in [-0.1, -0.05) is 42.5 Å². The quantitative estimate of drug-likeness (QED) is 0.203. The van der Waals surface area contributed by atoms with Crippen LogP contribution < -0.4 is 0 Å². The first kappa shape index (κ1) is 28.4. The van der Waals surface area contributed by atoms with E-state index in [1.807, 2.05) is 42.3 Å². The Morgan fingerprint density at radius 1 is 1.15 bits per heavy atom. The lowest BCUT2D eigenvalue weighted by atomic mass is 9.75. The third kappa shape index (κ3) is 6.32. The molecule has 2 heterocycles. The van der Waals surface area contributed by atoms with Gasteiger partial charge in [-0.15, -0.1) is 0 Å². The van der Waals surface area contributed by atoms with Crippen LogP contribution in [-0.4, -0.2) is 53.2 Å². The topological polar surface area (TPSA) is 137 Å². The number of carbonyl (C=O) groups is 2. The molecule has 3 unspecified atom stereocenters. The Morgan fingerprint density at radius 2 is 1.90 bits per heavy atom. The highest BCUT2D eigenvalue weighted by molar-refractivity contribution is 6.07. The van der Waals surface area contributed by atoms with Crippen LogP contribution in [0.25, 0.3) is 0 Å². The van der Waals surface area contributed by atoms with Crippen LogP contribution in [-0.2, 0) is 25.6 Å². The van der Waals surface area contributed by atoms with E-state index in [2.05, 4.69) is 9.98 Å². The first-order valence-electron chi connectivity index (χ1n) is 12.6. The molecule has 0 amide bonds. The maximum atomic E-state index is 13.9. The Labute approximate surface area is 231 Å². The normalized spacial score (nSPS) is 17.8. The first-order chi connectivity index (χ1) is 19.2. The second kappa shape index (κ2) is 12.5. The zero-order valence-electron chi connectivity index (χ0n) is 22.6. The molecule has 3 aromatic rings. The fourth-order valence-electron chi connectivity index (χ4n) is 4.92. The van der Waals surface area contributed by atoms with Crippen molar-refractivity contribution >= 4 is 23.3 Å². The molecule has 1 aromatic heterocycles. The van der Waals surface area contributed by atoms with E-state index in [-0.39, 0.29) is 23.7 Å². The predicted molar refractivity (Wildman–Crippen MR) is 145 cm³/mol. The summed E-state index contributed by atoms with van der Waals surface area (Å²) in [6.45, 7) is 4.14. The molecule has 2 aromatic carbocycles. The number of aliphatic imine (C=N–C) groups is 1. The number of aromatic nitrogens is 1. The molecule has 1 aliphatic rings. The van der Waals surface area contributed by atoms with E-state index in [9.17, 15) is 19.7 Å². The number of likely N-dealkylation sites (N-methyl/N-ethyl adjacent to an activating group) is 1. The Hall–Kier alpha value is -4.64. The molecule has 0 radical (unpaired) electrons. The van der Waals surface area contributed by atoms with Gasteiger partial charge in [0.1, 0.15) is 12.2 Å². The lowest BCUT2D eigenvalue weighted by Gasteiger charge is -2.32. The van der Waals surface area contributed by atoms with E-state index >= 15 is 0 Å². The van der Waals surface area contributed by atoms with Gasteiger partial charge in [0.2, 0.25) is 5.89 Å². The van der Waals surface area contributed by atoms with Crippen LogP contribution >= 0.6 is 0 Å². The molecule has 0 fully saturated rings. The number of hydrogen-bond donors (Lipinski definition) is 0. The minimum atomic E-state index is -0.987. The summed E-state index contributed by atoms with van der Waals surface area (Å²) >= 11 is 0. The number of carbonyl (C=O) groups excluding carboxylic acids is 2. The summed E-state index contributed by atoms with van der Waals surface area (Å²) in [7, 11) is 3.12. The van der Waals surface area contributed by atoms with Crippen molar-refractivity contribution in [1.29, 1.82) is 0 Å². The van der Waals surface area contributed by atoms with Crippen LogP contribution in [0.3, 0.4) is 0 Å².